The van der Waals surface area contributed by atoms with E-state index in [4.69, 9.17) is 9.78 Å². The molecule has 15 heavy (non-hydrogen) atoms. The van der Waals surface area contributed by atoms with Crippen molar-refractivity contribution in [1.29, 1.82) is 0 Å². The zero-order valence-corrected chi connectivity index (χ0v) is 9.91. The zero-order valence-electron chi connectivity index (χ0n) is 9.91. The predicted molar refractivity (Wildman–Crippen MR) is 59.3 cm³/mol. The van der Waals surface area contributed by atoms with Gasteiger partial charge in [-0.05, 0) is 32.1 Å². The molecular formula is C12H24NO2+. The molecule has 0 aromatic rings. The fraction of sp³-hybridized carbons (Fsp3) is 1.00. The molecule has 0 spiro atoms. The first-order valence-electron chi connectivity index (χ1n) is 6.44. The highest BCUT2D eigenvalue weighted by Gasteiger charge is 2.38. The van der Waals surface area contributed by atoms with Gasteiger partial charge in [0, 0.05) is 6.42 Å². The van der Waals surface area contributed by atoms with E-state index < -0.39 is 0 Å². The van der Waals surface area contributed by atoms with Gasteiger partial charge >= 0.3 is 0 Å². The van der Waals surface area contributed by atoms with Gasteiger partial charge in [-0.15, -0.1) is 0 Å². The first-order valence-corrected chi connectivity index (χ1v) is 6.44. The molecule has 3 nitrogen and oxygen atoms in total. The topological polar surface area (TPSA) is 18.5 Å². The summed E-state index contributed by atoms with van der Waals surface area (Å²) in [6.45, 7) is 8.91. The van der Waals surface area contributed by atoms with E-state index >= 15 is 0 Å². The lowest BCUT2D eigenvalue weighted by molar-refractivity contribution is -0.942. The van der Waals surface area contributed by atoms with E-state index in [0.29, 0.717) is 6.61 Å². The van der Waals surface area contributed by atoms with Gasteiger partial charge < -0.3 is 4.48 Å². The summed E-state index contributed by atoms with van der Waals surface area (Å²) in [6.07, 6.45) is 5.54. The third kappa shape index (κ3) is 2.92. The second-order valence-electron chi connectivity index (χ2n) is 5.05. The van der Waals surface area contributed by atoms with Crippen LogP contribution >= 0.6 is 0 Å². The molecule has 0 radical (unpaired) electrons. The van der Waals surface area contributed by atoms with E-state index in [-0.39, 0.29) is 0 Å². The summed E-state index contributed by atoms with van der Waals surface area (Å²) in [6, 6.07) is 0. The Morgan fingerprint density at radius 3 is 2.33 bits per heavy atom. The molecule has 3 aliphatic rings. The molecule has 0 saturated carbocycles. The Morgan fingerprint density at radius 1 is 1.07 bits per heavy atom. The Kier molecular flexibility index (Phi) is 4.00. The van der Waals surface area contributed by atoms with Crippen LogP contribution in [0.25, 0.3) is 0 Å². The van der Waals surface area contributed by atoms with Gasteiger partial charge in [-0.1, -0.05) is 0 Å². The second-order valence-corrected chi connectivity index (χ2v) is 5.05. The highest BCUT2D eigenvalue weighted by molar-refractivity contribution is 4.71. The van der Waals surface area contributed by atoms with Crippen LogP contribution < -0.4 is 0 Å². The van der Waals surface area contributed by atoms with Crippen LogP contribution in [-0.4, -0.2) is 43.9 Å². The highest BCUT2D eigenvalue weighted by Crippen LogP contribution is 2.33. The summed E-state index contributed by atoms with van der Waals surface area (Å²) < 4.78 is 1.37. The second kappa shape index (κ2) is 5.28. The zero-order chi connectivity index (χ0) is 10.6. The molecule has 2 bridgehead atoms. The van der Waals surface area contributed by atoms with Crippen molar-refractivity contribution in [1.82, 2.24) is 0 Å². The summed E-state index contributed by atoms with van der Waals surface area (Å²) in [7, 11) is 0. The van der Waals surface area contributed by atoms with Gasteiger partial charge in [0.15, 0.2) is 0 Å². The van der Waals surface area contributed by atoms with Gasteiger partial charge in [-0.3, -0.25) is 0 Å². The number of hydrogen-bond acceptors (Lipinski definition) is 2. The van der Waals surface area contributed by atoms with Gasteiger partial charge in [0.1, 0.15) is 0 Å². The molecule has 0 aliphatic carbocycles. The van der Waals surface area contributed by atoms with E-state index in [1.54, 1.807) is 0 Å². The maximum atomic E-state index is 5.07. The molecule has 0 N–H and O–H groups in total. The van der Waals surface area contributed by atoms with Crippen LogP contribution in [-0.2, 0) is 9.78 Å². The summed E-state index contributed by atoms with van der Waals surface area (Å²) >= 11 is 0. The van der Waals surface area contributed by atoms with Crippen molar-refractivity contribution in [2.75, 3.05) is 39.4 Å². The first-order chi connectivity index (χ1) is 7.35. The molecule has 0 unspecified atom stereocenters. The lowest BCUT2D eigenvalue weighted by atomic mass is 9.85. The Balaban J connectivity index is 1.64. The fourth-order valence-corrected chi connectivity index (χ4v) is 3.07. The van der Waals surface area contributed by atoms with E-state index in [1.807, 2.05) is 6.92 Å². The molecule has 0 amide bonds. The molecule has 3 heterocycles. The third-order valence-corrected chi connectivity index (χ3v) is 4.10. The number of piperidine rings is 3. The monoisotopic (exact) mass is 214 g/mol. The minimum Gasteiger partial charge on any atom is -0.324 e. The van der Waals surface area contributed by atoms with E-state index in [0.717, 1.165) is 18.9 Å². The van der Waals surface area contributed by atoms with Gasteiger partial charge in [-0.25, -0.2) is 9.78 Å². The molecule has 0 aromatic heterocycles. The molecule has 3 rings (SSSR count). The Hall–Kier alpha value is -0.120. The number of quaternary nitrogens is 1. The summed E-state index contributed by atoms with van der Waals surface area (Å²) in [5.41, 5.74) is 0. The van der Waals surface area contributed by atoms with Crippen LogP contribution in [0.15, 0.2) is 0 Å². The van der Waals surface area contributed by atoms with Crippen LogP contribution in [0.5, 0.6) is 0 Å². The normalized spacial score (nSPS) is 34.6. The molecule has 3 saturated heterocycles. The van der Waals surface area contributed by atoms with Crippen molar-refractivity contribution >= 4 is 0 Å². The lowest BCUT2D eigenvalue weighted by Gasteiger charge is -2.49. The van der Waals surface area contributed by atoms with Crippen molar-refractivity contribution in [3.05, 3.63) is 0 Å². The summed E-state index contributed by atoms with van der Waals surface area (Å²) in [5.74, 6) is 1.06. The number of fused-ring (bicyclic) bond motifs is 3. The average Bonchev–Trinajstić information content (AvgIpc) is 2.31. The van der Waals surface area contributed by atoms with Gasteiger partial charge in [0.25, 0.3) is 0 Å². The Morgan fingerprint density at radius 2 is 1.73 bits per heavy atom. The van der Waals surface area contributed by atoms with Crippen LogP contribution in [0.4, 0.5) is 0 Å². The molecule has 3 fully saturated rings. The maximum Gasteiger partial charge on any atom is 0.0875 e. The summed E-state index contributed by atoms with van der Waals surface area (Å²) in [5, 5.41) is 0. The number of hydrogen-bond donors (Lipinski definition) is 0. The largest absolute Gasteiger partial charge is 0.324 e. The van der Waals surface area contributed by atoms with Gasteiger partial charge in [-0.2, -0.15) is 0 Å². The fourth-order valence-electron chi connectivity index (χ4n) is 3.07. The third-order valence-electron chi connectivity index (χ3n) is 4.10. The smallest absolute Gasteiger partial charge is 0.0875 e. The molecule has 88 valence electrons. The van der Waals surface area contributed by atoms with Crippen molar-refractivity contribution in [3.8, 4) is 0 Å². The SMILES string of the molecule is CCOOCCC[N+]12CCC(CC1)CC2. The van der Waals surface area contributed by atoms with Crippen LogP contribution in [0.3, 0.4) is 0 Å². The van der Waals surface area contributed by atoms with E-state index in [9.17, 15) is 0 Å². The molecule has 0 aromatic carbocycles. The van der Waals surface area contributed by atoms with Crippen LogP contribution in [0.2, 0.25) is 0 Å². The van der Waals surface area contributed by atoms with E-state index in [2.05, 4.69) is 0 Å². The minimum atomic E-state index is 0.654. The highest BCUT2D eigenvalue weighted by atomic mass is 17.2. The Bertz CT molecular complexity index is 174. The number of rotatable bonds is 6. The van der Waals surface area contributed by atoms with Crippen molar-refractivity contribution in [2.24, 2.45) is 5.92 Å². The van der Waals surface area contributed by atoms with Gasteiger partial charge in [0.05, 0.1) is 39.4 Å². The molecule has 0 atom stereocenters. The lowest BCUT2D eigenvalue weighted by Crippen LogP contribution is -2.58. The molecule has 3 heteroatoms. The molecular weight excluding hydrogens is 190 g/mol. The Labute approximate surface area is 92.9 Å². The minimum absolute atomic E-state index is 0.654. The van der Waals surface area contributed by atoms with Crippen molar-refractivity contribution in [2.45, 2.75) is 32.6 Å². The molecule has 3 aliphatic heterocycles. The quantitative estimate of drug-likeness (QED) is 0.291. The predicted octanol–water partition coefficient (Wildman–Crippen LogP) is 1.98. The standard InChI is InChI=1S/C12H24NO2/c1-2-14-15-11-3-7-13-8-4-12(5-9-13)6-10-13/h12H,2-11H2,1H3/q+1. The summed E-state index contributed by atoms with van der Waals surface area (Å²) in [4.78, 5) is 9.96. The van der Waals surface area contributed by atoms with Crippen molar-refractivity contribution in [3.63, 3.8) is 0 Å². The number of nitrogens with zero attached hydrogens (tertiary/aromatic N) is 1. The van der Waals surface area contributed by atoms with E-state index in [1.165, 1.54) is 49.9 Å². The average molecular weight is 214 g/mol. The van der Waals surface area contributed by atoms with Crippen molar-refractivity contribution < 1.29 is 14.3 Å². The van der Waals surface area contributed by atoms with Gasteiger partial charge in [0.2, 0.25) is 0 Å². The van der Waals surface area contributed by atoms with Crippen LogP contribution in [0.1, 0.15) is 32.6 Å². The first kappa shape index (κ1) is 11.4. The maximum absolute atomic E-state index is 5.07. The van der Waals surface area contributed by atoms with Crippen LogP contribution in [0, 0.1) is 5.92 Å².